The number of aliphatic hydroxyl groups excluding tert-OH is 2. The predicted molar refractivity (Wildman–Crippen MR) is 107 cm³/mol. The lowest BCUT2D eigenvalue weighted by Gasteiger charge is -2.22. The molecule has 0 bridgehead atoms. The summed E-state index contributed by atoms with van der Waals surface area (Å²) in [4.78, 5) is 22.1. The molecule has 148 valence electrons. The van der Waals surface area contributed by atoms with Crippen molar-refractivity contribution in [3.05, 3.63) is 39.9 Å². The Morgan fingerprint density at radius 3 is 2.27 bits per heavy atom. The van der Waals surface area contributed by atoms with E-state index in [1.165, 1.54) is 30.7 Å². The third-order valence-electron chi connectivity index (χ3n) is 3.98. The second-order valence-electron chi connectivity index (χ2n) is 5.96. The van der Waals surface area contributed by atoms with Crippen LogP contribution in [0.3, 0.4) is 0 Å². The van der Waals surface area contributed by atoms with E-state index in [4.69, 9.17) is 0 Å². The first-order valence-corrected chi connectivity index (χ1v) is 9.34. The monoisotopic (exact) mass is 406 g/mol. The highest BCUT2D eigenvalue weighted by molar-refractivity contribution is 7.16. The number of aliphatic hydroxyl groups is 2. The summed E-state index contributed by atoms with van der Waals surface area (Å²) >= 11 is 0. The van der Waals surface area contributed by atoms with Crippen LogP contribution in [0.15, 0.2) is 24.3 Å². The number of hydrogen-bond acceptors (Lipinski definition) is 5. The van der Waals surface area contributed by atoms with Crippen LogP contribution in [0.4, 0.5) is 5.69 Å². The zero-order valence-corrected chi connectivity index (χ0v) is 16.6. The number of nitro benzene ring substituents is 1. The molecule has 1 unspecified atom stereocenters. The minimum Gasteiger partial charge on any atom is -0.394 e. The van der Waals surface area contributed by atoms with Crippen LogP contribution in [-0.2, 0) is 4.79 Å². The lowest BCUT2D eigenvalue weighted by Crippen LogP contribution is -2.41. The average molecular weight is 407 g/mol. The zero-order valence-electron chi connectivity index (χ0n) is 14.7. The van der Waals surface area contributed by atoms with E-state index in [-0.39, 0.29) is 24.0 Å². The smallest absolute Gasteiger partial charge is 0.269 e. The highest BCUT2D eigenvalue weighted by Gasteiger charge is 2.22. The third kappa shape index (κ3) is 8.90. The Labute approximate surface area is 162 Å². The van der Waals surface area contributed by atoms with Gasteiger partial charge >= 0.3 is 0 Å². The number of carbonyl (C=O) groups excluding carboxylic acids is 1. The molecule has 0 spiro atoms. The first kappa shape index (κ1) is 24.7. The topological polar surface area (TPSA) is 113 Å². The highest BCUT2D eigenvalue weighted by Crippen LogP contribution is 2.20. The molecule has 0 saturated carbocycles. The van der Waals surface area contributed by atoms with E-state index in [2.05, 4.69) is 14.6 Å². The van der Waals surface area contributed by atoms with E-state index < -0.39 is 23.7 Å². The number of benzene rings is 1. The van der Waals surface area contributed by atoms with Crippen LogP contribution in [0.25, 0.3) is 0 Å². The quantitative estimate of drug-likeness (QED) is 0.214. The molecule has 0 aliphatic rings. The van der Waals surface area contributed by atoms with E-state index in [9.17, 15) is 25.1 Å². The van der Waals surface area contributed by atoms with Crippen molar-refractivity contribution < 1.29 is 19.9 Å². The average Bonchev–Trinajstić information content (AvgIpc) is 2.62. The fourth-order valence-electron chi connectivity index (χ4n) is 2.49. The van der Waals surface area contributed by atoms with Crippen LogP contribution in [0.5, 0.6) is 0 Å². The SMILES string of the molecule is Cl.O=C(CCCCCCCP)N[C@H](CO)[C@H](O)c1ccc([N+](=O)[O-])cc1. The van der Waals surface area contributed by atoms with Crippen molar-refractivity contribution in [1.29, 1.82) is 0 Å². The number of rotatable bonds is 12. The third-order valence-corrected chi connectivity index (χ3v) is 4.39. The van der Waals surface area contributed by atoms with Gasteiger partial charge in [0.05, 0.1) is 17.6 Å². The minimum atomic E-state index is -1.13. The van der Waals surface area contributed by atoms with Gasteiger partial charge in [-0.25, -0.2) is 0 Å². The molecule has 0 saturated heterocycles. The van der Waals surface area contributed by atoms with Crippen molar-refractivity contribution in [2.24, 2.45) is 0 Å². The number of amides is 1. The van der Waals surface area contributed by atoms with Gasteiger partial charge < -0.3 is 15.5 Å². The number of non-ortho nitro benzene ring substituents is 1. The van der Waals surface area contributed by atoms with Crippen LogP contribution in [0.1, 0.15) is 50.2 Å². The Morgan fingerprint density at radius 1 is 1.15 bits per heavy atom. The zero-order chi connectivity index (χ0) is 18.7. The number of halogens is 1. The molecular formula is C17H28ClN2O5P. The van der Waals surface area contributed by atoms with Gasteiger partial charge in [-0.05, 0) is 36.7 Å². The molecule has 1 rings (SSSR count). The summed E-state index contributed by atoms with van der Waals surface area (Å²) in [5, 5.41) is 33.0. The van der Waals surface area contributed by atoms with Crippen LogP contribution >= 0.6 is 21.6 Å². The summed E-state index contributed by atoms with van der Waals surface area (Å²) in [5.41, 5.74) is 0.324. The Kier molecular flexibility index (Phi) is 13.2. The van der Waals surface area contributed by atoms with Crippen LogP contribution in [-0.4, -0.2) is 39.9 Å². The van der Waals surface area contributed by atoms with Crippen molar-refractivity contribution in [2.75, 3.05) is 12.8 Å². The van der Waals surface area contributed by atoms with Gasteiger partial charge in [0.2, 0.25) is 5.91 Å². The van der Waals surface area contributed by atoms with E-state index in [1.54, 1.807) is 0 Å². The number of nitrogens with zero attached hydrogens (tertiary/aromatic N) is 1. The maximum Gasteiger partial charge on any atom is 0.269 e. The second kappa shape index (κ2) is 13.9. The molecule has 26 heavy (non-hydrogen) atoms. The summed E-state index contributed by atoms with van der Waals surface area (Å²) in [6, 6.07) is 4.56. The number of nitrogens with one attached hydrogen (secondary N) is 1. The predicted octanol–water partition coefficient (Wildman–Crippen LogP) is 2.74. The van der Waals surface area contributed by atoms with Gasteiger partial charge in [0.1, 0.15) is 6.10 Å². The van der Waals surface area contributed by atoms with E-state index >= 15 is 0 Å². The van der Waals surface area contributed by atoms with Crippen LogP contribution in [0.2, 0.25) is 0 Å². The number of unbranched alkanes of at least 4 members (excludes halogenated alkanes) is 4. The Morgan fingerprint density at radius 2 is 1.73 bits per heavy atom. The number of nitro groups is 1. The standard InChI is InChI=1S/C17H27N2O5P.ClH/c20-12-15(18-16(21)6-4-2-1-3-5-11-25)17(22)13-7-9-14(10-8-13)19(23)24;/h7-10,15,17,20,22H,1-6,11-12,25H2,(H,18,21);1H/t15-,17-;/m1./s1. The molecule has 0 aliphatic heterocycles. The molecule has 0 fully saturated rings. The molecule has 3 N–H and O–H groups in total. The van der Waals surface area contributed by atoms with Crippen molar-refractivity contribution in [3.8, 4) is 0 Å². The first-order chi connectivity index (χ1) is 12.0. The maximum atomic E-state index is 12.0. The lowest BCUT2D eigenvalue weighted by atomic mass is 10.0. The molecule has 7 nitrogen and oxygen atoms in total. The second-order valence-corrected chi connectivity index (χ2v) is 6.53. The number of hydrogen-bond donors (Lipinski definition) is 3. The van der Waals surface area contributed by atoms with Gasteiger partial charge in [-0.3, -0.25) is 14.9 Å². The molecule has 1 aromatic rings. The van der Waals surface area contributed by atoms with Crippen LogP contribution < -0.4 is 5.32 Å². The lowest BCUT2D eigenvalue weighted by molar-refractivity contribution is -0.384. The van der Waals surface area contributed by atoms with Gasteiger partial charge in [-0.1, -0.05) is 19.3 Å². The minimum absolute atomic E-state index is 0. The van der Waals surface area contributed by atoms with Gasteiger partial charge in [0.15, 0.2) is 0 Å². The molecule has 0 heterocycles. The summed E-state index contributed by atoms with van der Waals surface area (Å²) < 4.78 is 0. The molecule has 3 atom stereocenters. The van der Waals surface area contributed by atoms with Gasteiger partial charge in [-0.2, -0.15) is 0 Å². The summed E-state index contributed by atoms with van der Waals surface area (Å²) in [5.74, 6) is -0.217. The van der Waals surface area contributed by atoms with E-state index in [0.717, 1.165) is 31.8 Å². The van der Waals surface area contributed by atoms with Crippen molar-refractivity contribution in [1.82, 2.24) is 5.32 Å². The van der Waals surface area contributed by atoms with Crippen molar-refractivity contribution in [2.45, 2.75) is 50.7 Å². The number of carbonyl (C=O) groups is 1. The molecule has 0 radical (unpaired) electrons. The van der Waals surface area contributed by atoms with Crippen molar-refractivity contribution in [3.63, 3.8) is 0 Å². The fourth-order valence-corrected chi connectivity index (χ4v) is 2.78. The largest absolute Gasteiger partial charge is 0.394 e. The van der Waals surface area contributed by atoms with E-state index in [1.807, 2.05) is 0 Å². The summed E-state index contributed by atoms with van der Waals surface area (Å²) in [7, 11) is 2.70. The maximum absolute atomic E-state index is 12.0. The Balaban J connectivity index is 0.00000625. The molecule has 1 amide bonds. The molecule has 0 aromatic heterocycles. The Bertz CT molecular complexity index is 544. The normalized spacial score (nSPS) is 12.7. The van der Waals surface area contributed by atoms with Gasteiger partial charge in [0.25, 0.3) is 5.69 Å². The van der Waals surface area contributed by atoms with Crippen LogP contribution in [0, 0.1) is 10.1 Å². The highest BCUT2D eigenvalue weighted by atomic mass is 35.5. The van der Waals surface area contributed by atoms with Gasteiger partial charge in [0, 0.05) is 18.6 Å². The van der Waals surface area contributed by atoms with E-state index in [0.29, 0.717) is 12.0 Å². The molecule has 1 aromatic carbocycles. The summed E-state index contributed by atoms with van der Waals surface area (Å²) in [6.07, 6.45) is 5.49. The molecule has 0 aliphatic carbocycles. The Hall–Kier alpha value is -1.27. The fraction of sp³-hybridized carbons (Fsp3) is 0.588. The molecular weight excluding hydrogens is 379 g/mol. The van der Waals surface area contributed by atoms with Crippen molar-refractivity contribution >= 4 is 33.2 Å². The summed E-state index contributed by atoms with van der Waals surface area (Å²) in [6.45, 7) is -0.419. The molecule has 9 heteroatoms. The van der Waals surface area contributed by atoms with Gasteiger partial charge in [-0.15, -0.1) is 21.6 Å². The first-order valence-electron chi connectivity index (χ1n) is 8.52.